The van der Waals surface area contributed by atoms with Crippen molar-refractivity contribution in [2.45, 2.75) is 6.54 Å². The Bertz CT molecular complexity index is 1150. The van der Waals surface area contributed by atoms with Gasteiger partial charge in [-0.2, -0.15) is 0 Å². The van der Waals surface area contributed by atoms with Gasteiger partial charge in [0.25, 0.3) is 11.8 Å². The Morgan fingerprint density at radius 1 is 0.839 bits per heavy atom. The van der Waals surface area contributed by atoms with Gasteiger partial charge in [0.05, 0.1) is 23.2 Å². The standard InChI is InChI=1S/C24H18FNO5/c25-20-8-4-5-9-21(20)30-12-13-31-24(29)17-10-11-18-19(14-17)23(28)26(22(18)27)15-16-6-2-1-3-7-16/h1-11,14H,12-13,15H2. The number of rotatable bonds is 7. The summed E-state index contributed by atoms with van der Waals surface area (Å²) in [5.41, 5.74) is 1.39. The van der Waals surface area contributed by atoms with Gasteiger partial charge in [-0.3, -0.25) is 14.5 Å². The number of hydrogen-bond donors (Lipinski definition) is 0. The minimum absolute atomic E-state index is 0.0279. The zero-order valence-electron chi connectivity index (χ0n) is 16.4. The lowest BCUT2D eigenvalue weighted by Gasteiger charge is -2.13. The van der Waals surface area contributed by atoms with E-state index in [2.05, 4.69) is 0 Å². The highest BCUT2D eigenvalue weighted by molar-refractivity contribution is 6.21. The van der Waals surface area contributed by atoms with Crippen molar-refractivity contribution in [2.75, 3.05) is 13.2 Å². The number of amides is 2. The van der Waals surface area contributed by atoms with E-state index in [0.717, 1.165) is 10.5 Å². The minimum Gasteiger partial charge on any atom is -0.487 e. The summed E-state index contributed by atoms with van der Waals surface area (Å²) in [6, 6.07) is 19.3. The fourth-order valence-corrected chi connectivity index (χ4v) is 3.26. The number of fused-ring (bicyclic) bond motifs is 1. The van der Waals surface area contributed by atoms with Crippen LogP contribution in [0.2, 0.25) is 0 Å². The molecule has 0 saturated carbocycles. The largest absolute Gasteiger partial charge is 0.487 e. The van der Waals surface area contributed by atoms with Crippen LogP contribution in [0.4, 0.5) is 4.39 Å². The highest BCUT2D eigenvalue weighted by atomic mass is 19.1. The molecule has 1 heterocycles. The molecule has 0 unspecified atom stereocenters. The van der Waals surface area contributed by atoms with Crippen molar-refractivity contribution < 1.29 is 28.2 Å². The number of carbonyl (C=O) groups is 3. The second-order valence-corrected chi connectivity index (χ2v) is 6.86. The fourth-order valence-electron chi connectivity index (χ4n) is 3.26. The van der Waals surface area contributed by atoms with Gasteiger partial charge in [-0.25, -0.2) is 9.18 Å². The van der Waals surface area contributed by atoms with Crippen molar-refractivity contribution in [3.05, 3.63) is 101 Å². The first-order chi connectivity index (χ1) is 15.0. The molecule has 4 rings (SSSR count). The summed E-state index contributed by atoms with van der Waals surface area (Å²) in [7, 11) is 0. The van der Waals surface area contributed by atoms with E-state index in [4.69, 9.17) is 9.47 Å². The average molecular weight is 419 g/mol. The van der Waals surface area contributed by atoms with E-state index in [0.29, 0.717) is 0 Å². The quantitative estimate of drug-likeness (QED) is 0.330. The zero-order chi connectivity index (χ0) is 21.8. The van der Waals surface area contributed by atoms with E-state index >= 15 is 0 Å². The molecule has 2 amide bonds. The second-order valence-electron chi connectivity index (χ2n) is 6.86. The molecular weight excluding hydrogens is 401 g/mol. The third-order valence-corrected chi connectivity index (χ3v) is 4.80. The van der Waals surface area contributed by atoms with Gasteiger partial charge in [0, 0.05) is 0 Å². The highest BCUT2D eigenvalue weighted by Crippen LogP contribution is 2.26. The van der Waals surface area contributed by atoms with Gasteiger partial charge in [-0.05, 0) is 35.9 Å². The van der Waals surface area contributed by atoms with Crippen LogP contribution < -0.4 is 4.74 Å². The molecule has 0 atom stereocenters. The molecule has 1 aliphatic rings. The summed E-state index contributed by atoms with van der Waals surface area (Å²) in [4.78, 5) is 38.8. The van der Waals surface area contributed by atoms with Crippen LogP contribution in [0.15, 0.2) is 72.8 Å². The van der Waals surface area contributed by atoms with E-state index < -0.39 is 23.6 Å². The Labute approximate surface area is 177 Å². The van der Waals surface area contributed by atoms with Gasteiger partial charge >= 0.3 is 5.97 Å². The third kappa shape index (κ3) is 4.30. The maximum Gasteiger partial charge on any atom is 0.338 e. The van der Waals surface area contributed by atoms with Crippen molar-refractivity contribution in [1.29, 1.82) is 0 Å². The van der Waals surface area contributed by atoms with Gasteiger partial charge < -0.3 is 9.47 Å². The van der Waals surface area contributed by atoms with Crippen LogP contribution >= 0.6 is 0 Å². The molecule has 6 nitrogen and oxygen atoms in total. The predicted molar refractivity (Wildman–Crippen MR) is 109 cm³/mol. The molecule has 0 bridgehead atoms. The Hall–Kier alpha value is -4.00. The normalized spacial score (nSPS) is 12.6. The number of halogens is 1. The van der Waals surface area contributed by atoms with Crippen molar-refractivity contribution >= 4 is 17.8 Å². The Kier molecular flexibility index (Phi) is 5.75. The molecule has 3 aromatic carbocycles. The number of esters is 1. The van der Waals surface area contributed by atoms with Crippen molar-refractivity contribution in [3.8, 4) is 5.75 Å². The van der Waals surface area contributed by atoms with E-state index in [1.807, 2.05) is 30.3 Å². The molecule has 0 aromatic heterocycles. The molecule has 0 fully saturated rings. The Morgan fingerprint density at radius 2 is 1.55 bits per heavy atom. The van der Waals surface area contributed by atoms with Gasteiger partial charge in [-0.1, -0.05) is 42.5 Å². The lowest BCUT2D eigenvalue weighted by molar-refractivity contribution is 0.0448. The lowest BCUT2D eigenvalue weighted by atomic mass is 10.1. The third-order valence-electron chi connectivity index (χ3n) is 4.80. The van der Waals surface area contributed by atoms with Crippen LogP contribution in [0.5, 0.6) is 5.75 Å². The summed E-state index contributed by atoms with van der Waals surface area (Å²) in [6.07, 6.45) is 0. The van der Waals surface area contributed by atoms with E-state index in [9.17, 15) is 18.8 Å². The first kappa shape index (κ1) is 20.3. The fraction of sp³-hybridized carbons (Fsp3) is 0.125. The molecule has 0 spiro atoms. The topological polar surface area (TPSA) is 72.9 Å². The molecule has 3 aromatic rings. The summed E-state index contributed by atoms with van der Waals surface area (Å²) in [6.45, 7) is 0.0253. The number of hydrogen-bond acceptors (Lipinski definition) is 5. The summed E-state index contributed by atoms with van der Waals surface area (Å²) >= 11 is 0. The molecule has 0 aliphatic carbocycles. The molecule has 156 valence electrons. The molecule has 0 radical (unpaired) electrons. The van der Waals surface area contributed by atoms with Crippen LogP contribution in [-0.2, 0) is 11.3 Å². The van der Waals surface area contributed by atoms with Gasteiger partial charge in [0.15, 0.2) is 11.6 Å². The van der Waals surface area contributed by atoms with Gasteiger partial charge in [-0.15, -0.1) is 0 Å². The second kappa shape index (κ2) is 8.79. The molecular formula is C24H18FNO5. The Balaban J connectivity index is 1.38. The van der Waals surface area contributed by atoms with Crippen molar-refractivity contribution in [2.24, 2.45) is 0 Å². The summed E-state index contributed by atoms with van der Waals surface area (Å²) < 4.78 is 23.9. The lowest BCUT2D eigenvalue weighted by Crippen LogP contribution is -2.29. The Morgan fingerprint density at radius 3 is 2.32 bits per heavy atom. The highest BCUT2D eigenvalue weighted by Gasteiger charge is 2.36. The number of para-hydroxylation sites is 1. The maximum atomic E-state index is 13.5. The SMILES string of the molecule is O=C(OCCOc1ccccc1F)c1ccc2c(c1)C(=O)N(Cc1ccccc1)C2=O. The monoisotopic (exact) mass is 419 g/mol. The van der Waals surface area contributed by atoms with Crippen LogP contribution in [0.3, 0.4) is 0 Å². The zero-order valence-corrected chi connectivity index (χ0v) is 16.4. The number of benzene rings is 3. The van der Waals surface area contributed by atoms with Crippen LogP contribution in [0, 0.1) is 5.82 Å². The average Bonchev–Trinajstić information content (AvgIpc) is 3.02. The molecule has 31 heavy (non-hydrogen) atoms. The number of imide groups is 1. The van der Waals surface area contributed by atoms with Gasteiger partial charge in [0.2, 0.25) is 0 Å². The summed E-state index contributed by atoms with van der Waals surface area (Å²) in [5, 5.41) is 0. The van der Waals surface area contributed by atoms with E-state index in [-0.39, 0.29) is 42.2 Å². The van der Waals surface area contributed by atoms with Crippen LogP contribution in [0.1, 0.15) is 36.6 Å². The van der Waals surface area contributed by atoms with E-state index in [1.165, 1.54) is 30.3 Å². The molecule has 0 N–H and O–H groups in total. The smallest absolute Gasteiger partial charge is 0.338 e. The van der Waals surface area contributed by atoms with E-state index in [1.54, 1.807) is 12.1 Å². The minimum atomic E-state index is -0.665. The number of ether oxygens (including phenoxy) is 2. The molecule has 1 aliphatic heterocycles. The molecule has 0 saturated heterocycles. The predicted octanol–water partition coefficient (Wildman–Crippen LogP) is 3.86. The number of carbonyl (C=O) groups excluding carboxylic acids is 3. The van der Waals surface area contributed by atoms with Gasteiger partial charge in [0.1, 0.15) is 13.2 Å². The number of nitrogens with zero attached hydrogens (tertiary/aromatic N) is 1. The van der Waals surface area contributed by atoms with Crippen molar-refractivity contribution in [1.82, 2.24) is 4.90 Å². The maximum absolute atomic E-state index is 13.5. The summed E-state index contributed by atoms with van der Waals surface area (Å²) in [5.74, 6) is -1.96. The van der Waals surface area contributed by atoms with Crippen LogP contribution in [-0.4, -0.2) is 35.9 Å². The van der Waals surface area contributed by atoms with Crippen molar-refractivity contribution in [3.63, 3.8) is 0 Å². The first-order valence-electron chi connectivity index (χ1n) is 9.63. The molecule has 7 heteroatoms. The first-order valence-corrected chi connectivity index (χ1v) is 9.63. The van der Waals surface area contributed by atoms with Crippen LogP contribution in [0.25, 0.3) is 0 Å².